The second kappa shape index (κ2) is 4.72. The number of benzene rings is 3. The van der Waals surface area contributed by atoms with Crippen LogP contribution < -0.4 is 0 Å². The van der Waals surface area contributed by atoms with E-state index in [4.69, 9.17) is 6.85 Å². The van der Waals surface area contributed by atoms with Crippen molar-refractivity contribution in [3.05, 3.63) is 71.1 Å². The molecule has 1 heterocycles. The zero-order valence-electron chi connectivity index (χ0n) is 15.3. The molecule has 2 heteroatoms. The van der Waals surface area contributed by atoms with E-state index >= 15 is 0 Å². The first kappa shape index (κ1) is 7.96. The van der Waals surface area contributed by atoms with Crippen molar-refractivity contribution in [2.75, 3.05) is 0 Å². The fraction of sp³-hybridized carbons (Fsp3) is 0. The van der Waals surface area contributed by atoms with Crippen LogP contribution in [0.4, 0.5) is 0 Å². The molecule has 0 nitrogen and oxygen atoms in total. The highest BCUT2D eigenvalue weighted by Crippen LogP contribution is 2.39. The molecule has 0 aliphatic rings. The van der Waals surface area contributed by atoms with Crippen LogP contribution in [0, 0.1) is 0 Å². The molecule has 96 valence electrons. The minimum atomic E-state index is -0.371. The van der Waals surface area contributed by atoms with Gasteiger partial charge < -0.3 is 0 Å². The van der Waals surface area contributed by atoms with Gasteiger partial charge in [0.1, 0.15) is 0 Å². The Balaban J connectivity index is 2.06. The minimum absolute atomic E-state index is 0.175. The molecule has 4 aromatic rings. The van der Waals surface area contributed by atoms with Crippen LogP contribution in [-0.2, 0) is 0 Å². The molecule has 0 unspecified atom stereocenters. The van der Waals surface area contributed by atoms with Crippen LogP contribution in [0.2, 0.25) is 0 Å². The smallest absolute Gasteiger partial charge is 0.0629 e. The number of halogens is 1. The van der Waals surface area contributed by atoms with Gasteiger partial charge in [0.05, 0.1) is 6.85 Å². The van der Waals surface area contributed by atoms with Gasteiger partial charge in [0.2, 0.25) is 0 Å². The van der Waals surface area contributed by atoms with Gasteiger partial charge >= 0.3 is 0 Å². The summed E-state index contributed by atoms with van der Waals surface area (Å²) < 4.78 is 43.0. The standard InChI is InChI=1S/C18H11BrS/c19-16-8-4-7-14-15-11-13(12-5-2-1-3-6-12)9-10-17(15)20-18(14)16/h1-11H/i1D,2D,3D,5D,6D. The van der Waals surface area contributed by atoms with Crippen LogP contribution in [-0.4, -0.2) is 0 Å². The lowest BCUT2D eigenvalue weighted by Gasteiger charge is -2.01. The maximum absolute atomic E-state index is 8.16. The molecule has 3 aromatic carbocycles. The summed E-state index contributed by atoms with van der Waals surface area (Å²) >= 11 is 5.23. The topological polar surface area (TPSA) is 0 Å². The Morgan fingerprint density at radius 2 is 1.75 bits per heavy atom. The van der Waals surface area contributed by atoms with Gasteiger partial charge in [-0.15, -0.1) is 11.3 Å². The van der Waals surface area contributed by atoms with Crippen molar-refractivity contribution < 1.29 is 6.85 Å². The second-order valence-electron chi connectivity index (χ2n) is 4.43. The van der Waals surface area contributed by atoms with E-state index in [1.54, 1.807) is 11.3 Å². The Morgan fingerprint density at radius 3 is 2.60 bits per heavy atom. The molecular weight excluding hydrogens is 328 g/mol. The summed E-state index contributed by atoms with van der Waals surface area (Å²) in [5, 5.41) is 2.11. The number of hydrogen-bond donors (Lipinski definition) is 0. The molecule has 0 fully saturated rings. The Kier molecular flexibility index (Phi) is 1.88. The lowest BCUT2D eigenvalue weighted by molar-refractivity contribution is 1.66. The van der Waals surface area contributed by atoms with Gasteiger partial charge in [0.15, 0.2) is 0 Å². The van der Waals surface area contributed by atoms with Gasteiger partial charge in [0, 0.05) is 24.6 Å². The lowest BCUT2D eigenvalue weighted by atomic mass is 10.0. The molecule has 0 saturated heterocycles. The lowest BCUT2D eigenvalue weighted by Crippen LogP contribution is -1.76. The minimum Gasteiger partial charge on any atom is -0.134 e. The van der Waals surface area contributed by atoms with Crippen LogP contribution in [0.1, 0.15) is 6.85 Å². The Labute approximate surface area is 136 Å². The van der Waals surface area contributed by atoms with E-state index in [-0.39, 0.29) is 35.8 Å². The van der Waals surface area contributed by atoms with Crippen molar-refractivity contribution in [2.24, 2.45) is 0 Å². The van der Waals surface area contributed by atoms with Gasteiger partial charge in [0.25, 0.3) is 0 Å². The molecule has 4 rings (SSSR count). The molecule has 0 saturated carbocycles. The van der Waals surface area contributed by atoms with E-state index in [1.165, 1.54) is 0 Å². The quantitative estimate of drug-likeness (QED) is 0.370. The summed E-state index contributed by atoms with van der Waals surface area (Å²) in [6, 6.07) is 10.3. The zero-order chi connectivity index (χ0) is 17.9. The van der Waals surface area contributed by atoms with Crippen molar-refractivity contribution in [2.45, 2.75) is 0 Å². The third kappa shape index (κ3) is 1.88. The molecule has 0 aliphatic heterocycles. The summed E-state index contributed by atoms with van der Waals surface area (Å²) in [7, 11) is 0. The largest absolute Gasteiger partial charge is 0.134 e. The monoisotopic (exact) mass is 343 g/mol. The fourth-order valence-corrected chi connectivity index (χ4v) is 4.01. The molecule has 0 aliphatic carbocycles. The van der Waals surface area contributed by atoms with Gasteiger partial charge in [-0.25, -0.2) is 0 Å². The summed E-state index contributed by atoms with van der Waals surface area (Å²) in [5.74, 6) is 0. The van der Waals surface area contributed by atoms with Crippen molar-refractivity contribution in [1.29, 1.82) is 0 Å². The van der Waals surface area contributed by atoms with Gasteiger partial charge in [-0.2, -0.15) is 0 Å². The summed E-state index contributed by atoms with van der Waals surface area (Å²) in [5.41, 5.74) is 0.867. The molecule has 0 spiro atoms. The Bertz CT molecular complexity index is 1140. The van der Waals surface area contributed by atoms with Crippen LogP contribution in [0.25, 0.3) is 31.3 Å². The van der Waals surface area contributed by atoms with Crippen molar-refractivity contribution in [1.82, 2.24) is 0 Å². The Hall–Kier alpha value is -1.64. The van der Waals surface area contributed by atoms with Crippen molar-refractivity contribution >= 4 is 47.4 Å². The third-order valence-corrected chi connectivity index (χ3v) is 5.38. The molecule has 0 bridgehead atoms. The third-order valence-electron chi connectivity index (χ3n) is 3.24. The number of rotatable bonds is 1. The molecule has 1 aromatic heterocycles. The zero-order valence-corrected chi connectivity index (χ0v) is 12.7. The predicted molar refractivity (Wildman–Crippen MR) is 92.5 cm³/mol. The van der Waals surface area contributed by atoms with E-state index < -0.39 is 0 Å². The maximum Gasteiger partial charge on any atom is 0.0629 e. The molecule has 0 N–H and O–H groups in total. The van der Waals surface area contributed by atoms with Crippen LogP contribution in [0.5, 0.6) is 0 Å². The summed E-state index contributed by atoms with van der Waals surface area (Å²) in [4.78, 5) is 0. The van der Waals surface area contributed by atoms with Gasteiger partial charge in [-0.3, -0.25) is 0 Å². The van der Waals surface area contributed by atoms with E-state index in [2.05, 4.69) is 15.9 Å². The van der Waals surface area contributed by atoms with Crippen molar-refractivity contribution in [3.63, 3.8) is 0 Å². The summed E-state index contributed by atoms with van der Waals surface area (Å²) in [6.07, 6.45) is 0. The second-order valence-corrected chi connectivity index (χ2v) is 6.34. The first-order valence-electron chi connectivity index (χ1n) is 8.58. The van der Waals surface area contributed by atoms with Gasteiger partial charge in [-0.1, -0.05) is 48.4 Å². The first-order valence-corrected chi connectivity index (χ1v) is 7.69. The number of thiophene rings is 1. The molecule has 0 amide bonds. The predicted octanol–water partition coefficient (Wildman–Crippen LogP) is 6.48. The maximum atomic E-state index is 8.16. The van der Waals surface area contributed by atoms with E-state index in [0.29, 0.717) is 5.56 Å². The number of hydrogen-bond acceptors (Lipinski definition) is 1. The first-order chi connectivity index (χ1) is 11.9. The summed E-state index contributed by atoms with van der Waals surface area (Å²) in [6.45, 7) is 0. The molecular formula is C18H11BrS. The fourth-order valence-electron chi connectivity index (χ4n) is 2.31. The Morgan fingerprint density at radius 1 is 0.900 bits per heavy atom. The van der Waals surface area contributed by atoms with Gasteiger partial charge in [-0.05, 0) is 45.3 Å². The van der Waals surface area contributed by atoms with Crippen LogP contribution in [0.15, 0.2) is 71.1 Å². The van der Waals surface area contributed by atoms with Crippen molar-refractivity contribution in [3.8, 4) is 11.1 Å². The van der Waals surface area contributed by atoms with Crippen LogP contribution >= 0.6 is 27.3 Å². The van der Waals surface area contributed by atoms with E-state index in [9.17, 15) is 0 Å². The highest BCUT2D eigenvalue weighted by atomic mass is 79.9. The normalized spacial score (nSPS) is 14.8. The molecule has 0 atom stereocenters. The average molecular weight is 344 g/mol. The van der Waals surface area contributed by atoms with E-state index in [0.717, 1.165) is 24.6 Å². The highest BCUT2D eigenvalue weighted by molar-refractivity contribution is 9.10. The van der Waals surface area contributed by atoms with Crippen LogP contribution in [0.3, 0.4) is 0 Å². The molecule has 20 heavy (non-hydrogen) atoms. The highest BCUT2D eigenvalue weighted by Gasteiger charge is 2.08. The SMILES string of the molecule is [2H]c1c([2H])c([2H])c(-c2ccc3sc4c(Br)cccc4c3c2)c([2H])c1[2H]. The van der Waals surface area contributed by atoms with E-state index in [1.807, 2.05) is 36.4 Å². The average Bonchev–Trinajstić information content (AvgIpc) is 2.98. The number of fused-ring (bicyclic) bond motifs is 3. The molecule has 0 radical (unpaired) electrons.